The van der Waals surface area contributed by atoms with Gasteiger partial charge in [-0.3, -0.25) is 19.3 Å². The number of hydrogen-bond acceptors (Lipinski definition) is 4. The number of hydrogen-bond donors (Lipinski definition) is 0. The Kier molecular flexibility index (Phi) is 2.23. The van der Waals surface area contributed by atoms with Gasteiger partial charge in [-0.15, -0.1) is 0 Å². The maximum Gasteiger partial charge on any atom is 0.301 e. The first-order valence-electron chi connectivity index (χ1n) is 4.61. The summed E-state index contributed by atoms with van der Waals surface area (Å²) in [5, 5.41) is 0. The standard InChI is InChI=1S/C11H9NO4/c1-12-10(14)6-4-3-5-7(16-2)8(6)9(13)11(12)15/h3-5H,1-2H3. The summed E-state index contributed by atoms with van der Waals surface area (Å²) in [5.41, 5.74) is 0.254. The lowest BCUT2D eigenvalue weighted by Crippen LogP contribution is -2.43. The highest BCUT2D eigenvalue weighted by Gasteiger charge is 2.37. The second-order valence-electron chi connectivity index (χ2n) is 3.38. The fourth-order valence-electron chi connectivity index (χ4n) is 1.65. The molecule has 0 fully saturated rings. The van der Waals surface area contributed by atoms with Gasteiger partial charge in [0.2, 0.25) is 0 Å². The van der Waals surface area contributed by atoms with E-state index in [9.17, 15) is 14.4 Å². The zero-order chi connectivity index (χ0) is 11.9. The van der Waals surface area contributed by atoms with Crippen molar-refractivity contribution in [2.24, 2.45) is 0 Å². The number of carbonyl (C=O) groups excluding carboxylic acids is 3. The molecule has 0 saturated carbocycles. The smallest absolute Gasteiger partial charge is 0.301 e. The minimum absolute atomic E-state index is 0.0538. The summed E-state index contributed by atoms with van der Waals surface area (Å²) in [6.07, 6.45) is 0. The minimum atomic E-state index is -0.831. The van der Waals surface area contributed by atoms with Crippen molar-refractivity contribution in [1.82, 2.24) is 4.90 Å². The molecule has 2 amide bonds. The van der Waals surface area contributed by atoms with Gasteiger partial charge in [-0.1, -0.05) is 6.07 Å². The molecule has 1 aliphatic rings. The summed E-state index contributed by atoms with van der Waals surface area (Å²) in [6.45, 7) is 0. The van der Waals surface area contributed by atoms with Crippen LogP contribution in [0.5, 0.6) is 5.75 Å². The number of methoxy groups -OCH3 is 1. The molecule has 82 valence electrons. The molecule has 0 aromatic heterocycles. The monoisotopic (exact) mass is 219 g/mol. The number of benzene rings is 1. The molecule has 1 aromatic rings. The van der Waals surface area contributed by atoms with Crippen LogP contribution < -0.4 is 4.74 Å². The summed E-state index contributed by atoms with van der Waals surface area (Å²) in [7, 11) is 2.67. The molecule has 0 aliphatic carbocycles. The van der Waals surface area contributed by atoms with Gasteiger partial charge in [-0.05, 0) is 12.1 Å². The van der Waals surface area contributed by atoms with Crippen molar-refractivity contribution in [2.75, 3.05) is 14.2 Å². The number of ketones is 1. The number of nitrogens with zero attached hydrogens (tertiary/aromatic N) is 1. The number of fused-ring (bicyclic) bond motifs is 1. The Labute approximate surface area is 91.6 Å². The Morgan fingerprint density at radius 2 is 1.81 bits per heavy atom. The van der Waals surface area contributed by atoms with E-state index in [4.69, 9.17) is 4.74 Å². The quantitative estimate of drug-likeness (QED) is 0.509. The lowest BCUT2D eigenvalue weighted by atomic mass is 9.97. The predicted octanol–water partition coefficient (Wildman–Crippen LogP) is 0.490. The van der Waals surface area contributed by atoms with Crippen LogP contribution in [-0.4, -0.2) is 36.7 Å². The van der Waals surface area contributed by atoms with E-state index in [-0.39, 0.29) is 16.9 Å². The molecule has 0 radical (unpaired) electrons. The lowest BCUT2D eigenvalue weighted by Gasteiger charge is -2.22. The molecule has 0 unspecified atom stereocenters. The fourth-order valence-corrected chi connectivity index (χ4v) is 1.65. The Morgan fingerprint density at radius 3 is 2.44 bits per heavy atom. The highest BCUT2D eigenvalue weighted by Crippen LogP contribution is 2.27. The summed E-state index contributed by atoms with van der Waals surface area (Å²) in [6, 6.07) is 4.65. The molecule has 5 nitrogen and oxygen atoms in total. The van der Waals surface area contributed by atoms with Crippen LogP contribution in [0.2, 0.25) is 0 Å². The SMILES string of the molecule is COc1cccc2c1C(=O)C(=O)N(C)C2=O. The van der Waals surface area contributed by atoms with Gasteiger partial charge in [0.25, 0.3) is 11.7 Å². The predicted molar refractivity (Wildman–Crippen MR) is 54.4 cm³/mol. The van der Waals surface area contributed by atoms with E-state index >= 15 is 0 Å². The van der Waals surface area contributed by atoms with Crippen molar-refractivity contribution in [3.63, 3.8) is 0 Å². The van der Waals surface area contributed by atoms with E-state index in [1.807, 2.05) is 0 Å². The molecule has 16 heavy (non-hydrogen) atoms. The van der Waals surface area contributed by atoms with E-state index in [0.717, 1.165) is 4.90 Å². The third-order valence-electron chi connectivity index (χ3n) is 2.51. The molecule has 1 aromatic carbocycles. The van der Waals surface area contributed by atoms with Gasteiger partial charge in [0.1, 0.15) is 5.75 Å². The van der Waals surface area contributed by atoms with Crippen LogP contribution in [0, 0.1) is 0 Å². The average Bonchev–Trinajstić information content (AvgIpc) is 2.32. The zero-order valence-electron chi connectivity index (χ0n) is 8.81. The molecular formula is C11H9NO4. The van der Waals surface area contributed by atoms with Crippen LogP contribution in [0.25, 0.3) is 0 Å². The number of Topliss-reactive ketones (excluding diaryl/α,β-unsaturated/α-hetero) is 1. The summed E-state index contributed by atoms with van der Waals surface area (Å²) < 4.78 is 4.97. The molecule has 0 bridgehead atoms. The number of likely N-dealkylation sites (N-methyl/N-ethyl adjacent to an activating group) is 1. The van der Waals surface area contributed by atoms with Crippen molar-refractivity contribution >= 4 is 17.6 Å². The van der Waals surface area contributed by atoms with Gasteiger partial charge >= 0.3 is 5.91 Å². The van der Waals surface area contributed by atoms with Crippen molar-refractivity contribution in [3.8, 4) is 5.75 Å². The number of carbonyl (C=O) groups is 3. The van der Waals surface area contributed by atoms with E-state index in [0.29, 0.717) is 0 Å². The van der Waals surface area contributed by atoms with E-state index in [1.165, 1.54) is 20.2 Å². The fraction of sp³-hybridized carbons (Fsp3) is 0.182. The van der Waals surface area contributed by atoms with Gasteiger partial charge in [0, 0.05) is 7.05 Å². The Morgan fingerprint density at radius 1 is 1.12 bits per heavy atom. The van der Waals surface area contributed by atoms with Crippen LogP contribution in [0.1, 0.15) is 20.7 Å². The number of ether oxygens (including phenoxy) is 1. The van der Waals surface area contributed by atoms with Gasteiger partial charge in [0.15, 0.2) is 0 Å². The second kappa shape index (κ2) is 3.44. The number of imide groups is 1. The second-order valence-corrected chi connectivity index (χ2v) is 3.38. The molecule has 2 rings (SSSR count). The molecule has 5 heteroatoms. The van der Waals surface area contributed by atoms with Gasteiger partial charge in [0.05, 0.1) is 18.2 Å². The van der Waals surface area contributed by atoms with E-state index in [1.54, 1.807) is 12.1 Å². The highest BCUT2D eigenvalue weighted by molar-refractivity contribution is 6.49. The van der Waals surface area contributed by atoms with Crippen LogP contribution in [0.3, 0.4) is 0 Å². The van der Waals surface area contributed by atoms with Crippen molar-refractivity contribution in [3.05, 3.63) is 29.3 Å². The molecule has 0 N–H and O–H groups in total. The maximum absolute atomic E-state index is 11.7. The van der Waals surface area contributed by atoms with Crippen LogP contribution in [-0.2, 0) is 4.79 Å². The first-order chi connectivity index (χ1) is 7.57. The summed E-state index contributed by atoms with van der Waals surface area (Å²) in [5.74, 6) is -1.78. The van der Waals surface area contributed by atoms with Crippen molar-refractivity contribution < 1.29 is 19.1 Å². The van der Waals surface area contributed by atoms with Crippen molar-refractivity contribution in [1.29, 1.82) is 0 Å². The normalized spacial score (nSPS) is 15.1. The average molecular weight is 219 g/mol. The van der Waals surface area contributed by atoms with Crippen molar-refractivity contribution in [2.45, 2.75) is 0 Å². The number of amides is 2. The third-order valence-corrected chi connectivity index (χ3v) is 2.51. The topological polar surface area (TPSA) is 63.7 Å². The molecule has 0 atom stereocenters. The molecule has 1 aliphatic heterocycles. The minimum Gasteiger partial charge on any atom is -0.496 e. The van der Waals surface area contributed by atoms with Gasteiger partial charge < -0.3 is 4.74 Å². The van der Waals surface area contributed by atoms with Crippen LogP contribution in [0.4, 0.5) is 0 Å². The van der Waals surface area contributed by atoms with Gasteiger partial charge in [-0.25, -0.2) is 0 Å². The molecule has 1 heterocycles. The Bertz CT molecular complexity index is 507. The summed E-state index contributed by atoms with van der Waals surface area (Å²) in [4.78, 5) is 35.7. The Balaban J connectivity index is 2.73. The first kappa shape index (κ1) is 10.4. The largest absolute Gasteiger partial charge is 0.496 e. The Hall–Kier alpha value is -2.17. The first-order valence-corrected chi connectivity index (χ1v) is 4.61. The van der Waals surface area contributed by atoms with Crippen LogP contribution >= 0.6 is 0 Å². The third kappa shape index (κ3) is 1.21. The maximum atomic E-state index is 11.7. The van der Waals surface area contributed by atoms with Crippen LogP contribution in [0.15, 0.2) is 18.2 Å². The highest BCUT2D eigenvalue weighted by atomic mass is 16.5. The number of rotatable bonds is 1. The van der Waals surface area contributed by atoms with E-state index in [2.05, 4.69) is 0 Å². The van der Waals surface area contributed by atoms with E-state index < -0.39 is 17.6 Å². The lowest BCUT2D eigenvalue weighted by molar-refractivity contribution is -0.123. The molecule has 0 saturated heterocycles. The zero-order valence-corrected chi connectivity index (χ0v) is 8.81. The molecule has 0 spiro atoms. The molecular weight excluding hydrogens is 210 g/mol. The van der Waals surface area contributed by atoms with Gasteiger partial charge in [-0.2, -0.15) is 0 Å². The summed E-state index contributed by atoms with van der Waals surface area (Å²) >= 11 is 0.